The molecule has 4 rings (SSSR count). The summed E-state index contributed by atoms with van der Waals surface area (Å²) in [6.45, 7) is 1.53. The van der Waals surface area contributed by atoms with Crippen LogP contribution in [0.25, 0.3) is 16.8 Å². The predicted molar refractivity (Wildman–Crippen MR) is 103 cm³/mol. The largest absolute Gasteiger partial charge is 0.483 e. The van der Waals surface area contributed by atoms with Crippen LogP contribution < -0.4 is 10.1 Å². The van der Waals surface area contributed by atoms with Crippen molar-refractivity contribution >= 4 is 11.6 Å². The first kappa shape index (κ1) is 20.2. The fourth-order valence-corrected chi connectivity index (χ4v) is 3.41. The molecular formula is C21H20F3N3O3. The number of amides is 1. The lowest BCUT2D eigenvalue weighted by molar-refractivity contribution is -0.153. The number of imidazole rings is 1. The zero-order valence-corrected chi connectivity index (χ0v) is 16.2. The molecule has 1 aliphatic rings. The third kappa shape index (κ3) is 4.25. The predicted octanol–water partition coefficient (Wildman–Crippen LogP) is 3.85. The fourth-order valence-electron chi connectivity index (χ4n) is 3.41. The zero-order valence-electron chi connectivity index (χ0n) is 16.2. The quantitative estimate of drug-likeness (QED) is 0.682. The standard InChI is InChI=1S/C21H20F3N3O3/c1-20(8-10-29-12-20)26-19(28)16-11-27-9-4-6-15(18(27)25-16)14-5-2-3-7-17(14)30-13-21(22,23)24/h2-7,9,11H,8,10,12-13H2,1H3,(H,26,28)/t20-/m1/s1. The molecule has 0 saturated carbocycles. The van der Waals surface area contributed by atoms with Crippen LogP contribution in [0.2, 0.25) is 0 Å². The second-order valence-corrected chi connectivity index (χ2v) is 7.50. The molecule has 1 atom stereocenters. The van der Waals surface area contributed by atoms with Crippen molar-refractivity contribution in [3.63, 3.8) is 0 Å². The number of rotatable bonds is 5. The average molecular weight is 419 g/mol. The summed E-state index contributed by atoms with van der Waals surface area (Å²) in [5.74, 6) is -0.244. The molecule has 0 bridgehead atoms. The highest BCUT2D eigenvalue weighted by Gasteiger charge is 2.32. The molecule has 3 aromatic rings. The Balaban J connectivity index is 1.67. The van der Waals surface area contributed by atoms with Gasteiger partial charge in [0.15, 0.2) is 6.61 Å². The number of aromatic nitrogens is 2. The van der Waals surface area contributed by atoms with Crippen molar-refractivity contribution in [2.75, 3.05) is 19.8 Å². The van der Waals surface area contributed by atoms with Crippen LogP contribution in [0.4, 0.5) is 13.2 Å². The van der Waals surface area contributed by atoms with Gasteiger partial charge in [-0.3, -0.25) is 4.79 Å². The molecule has 1 aromatic carbocycles. The molecule has 1 N–H and O–H groups in total. The van der Waals surface area contributed by atoms with E-state index >= 15 is 0 Å². The number of ether oxygens (including phenoxy) is 2. The van der Waals surface area contributed by atoms with Gasteiger partial charge in [0.1, 0.15) is 17.1 Å². The number of hydrogen-bond acceptors (Lipinski definition) is 4. The Morgan fingerprint density at radius 1 is 1.27 bits per heavy atom. The fraction of sp³-hybridized carbons (Fsp3) is 0.333. The lowest BCUT2D eigenvalue weighted by atomic mass is 10.0. The Hall–Kier alpha value is -3.07. The number of hydrogen-bond donors (Lipinski definition) is 1. The van der Waals surface area contributed by atoms with Crippen LogP contribution in [0.5, 0.6) is 5.75 Å². The van der Waals surface area contributed by atoms with Crippen LogP contribution >= 0.6 is 0 Å². The van der Waals surface area contributed by atoms with Gasteiger partial charge in [0.25, 0.3) is 5.91 Å². The van der Waals surface area contributed by atoms with E-state index in [2.05, 4.69) is 10.3 Å². The number of alkyl halides is 3. The molecule has 1 aliphatic heterocycles. The van der Waals surface area contributed by atoms with Gasteiger partial charge in [0.2, 0.25) is 0 Å². The molecule has 0 spiro atoms. The van der Waals surface area contributed by atoms with Gasteiger partial charge in [-0.25, -0.2) is 4.98 Å². The molecule has 0 radical (unpaired) electrons. The van der Waals surface area contributed by atoms with E-state index in [1.807, 2.05) is 6.92 Å². The molecule has 6 nitrogen and oxygen atoms in total. The van der Waals surface area contributed by atoms with Gasteiger partial charge in [0, 0.05) is 30.1 Å². The number of halogens is 3. The second-order valence-electron chi connectivity index (χ2n) is 7.50. The number of fused-ring (bicyclic) bond motifs is 1. The van der Waals surface area contributed by atoms with E-state index in [0.717, 1.165) is 0 Å². The van der Waals surface area contributed by atoms with Gasteiger partial charge in [-0.05, 0) is 31.5 Å². The monoisotopic (exact) mass is 419 g/mol. The normalized spacial score (nSPS) is 19.2. The van der Waals surface area contributed by atoms with E-state index in [1.54, 1.807) is 47.1 Å². The summed E-state index contributed by atoms with van der Waals surface area (Å²) in [6, 6.07) is 9.90. The van der Waals surface area contributed by atoms with E-state index in [0.29, 0.717) is 36.4 Å². The summed E-state index contributed by atoms with van der Waals surface area (Å²) in [5, 5.41) is 2.95. The first-order chi connectivity index (χ1) is 14.2. The summed E-state index contributed by atoms with van der Waals surface area (Å²) in [4.78, 5) is 17.2. The van der Waals surface area contributed by atoms with Crippen LogP contribution in [0.1, 0.15) is 23.8 Å². The molecule has 2 aromatic heterocycles. The van der Waals surface area contributed by atoms with Gasteiger partial charge in [-0.15, -0.1) is 0 Å². The van der Waals surface area contributed by atoms with E-state index in [4.69, 9.17) is 9.47 Å². The van der Waals surface area contributed by atoms with Gasteiger partial charge >= 0.3 is 6.18 Å². The van der Waals surface area contributed by atoms with E-state index in [1.165, 1.54) is 6.07 Å². The Morgan fingerprint density at radius 2 is 2.03 bits per heavy atom. The van der Waals surface area contributed by atoms with Crippen molar-refractivity contribution in [3.05, 3.63) is 54.5 Å². The van der Waals surface area contributed by atoms with Crippen LogP contribution in [0, 0.1) is 0 Å². The number of nitrogens with zero attached hydrogens (tertiary/aromatic N) is 2. The molecular weight excluding hydrogens is 399 g/mol. The van der Waals surface area contributed by atoms with Crippen molar-refractivity contribution in [3.8, 4) is 16.9 Å². The third-order valence-electron chi connectivity index (χ3n) is 4.92. The summed E-state index contributed by atoms with van der Waals surface area (Å²) >= 11 is 0. The number of carbonyl (C=O) groups is 1. The van der Waals surface area contributed by atoms with Crippen molar-refractivity contribution in [1.29, 1.82) is 0 Å². The zero-order chi connectivity index (χ0) is 21.4. The number of pyridine rings is 1. The Labute approximate surface area is 170 Å². The highest BCUT2D eigenvalue weighted by Crippen LogP contribution is 2.33. The maximum Gasteiger partial charge on any atom is 0.422 e. The number of nitrogens with one attached hydrogen (secondary N) is 1. The van der Waals surface area contributed by atoms with E-state index < -0.39 is 18.3 Å². The van der Waals surface area contributed by atoms with Gasteiger partial charge < -0.3 is 19.2 Å². The van der Waals surface area contributed by atoms with Gasteiger partial charge in [0.05, 0.1) is 12.1 Å². The Morgan fingerprint density at radius 3 is 2.77 bits per heavy atom. The van der Waals surface area contributed by atoms with E-state index in [-0.39, 0.29) is 17.4 Å². The molecule has 3 heterocycles. The molecule has 1 fully saturated rings. The summed E-state index contributed by atoms with van der Waals surface area (Å²) < 4.78 is 49.9. The first-order valence-corrected chi connectivity index (χ1v) is 9.41. The van der Waals surface area contributed by atoms with Crippen LogP contribution in [0.15, 0.2) is 48.8 Å². The second kappa shape index (κ2) is 7.64. The minimum Gasteiger partial charge on any atom is -0.483 e. The number of para-hydroxylation sites is 1. The van der Waals surface area contributed by atoms with Gasteiger partial charge in [-0.1, -0.05) is 18.2 Å². The maximum absolute atomic E-state index is 12.7. The van der Waals surface area contributed by atoms with E-state index in [9.17, 15) is 18.0 Å². The number of benzene rings is 1. The van der Waals surface area contributed by atoms with Crippen molar-refractivity contribution in [1.82, 2.24) is 14.7 Å². The lowest BCUT2D eigenvalue weighted by Crippen LogP contribution is -2.46. The van der Waals surface area contributed by atoms with Crippen molar-refractivity contribution in [2.24, 2.45) is 0 Å². The molecule has 9 heteroatoms. The lowest BCUT2D eigenvalue weighted by Gasteiger charge is -2.22. The number of carbonyl (C=O) groups excluding carboxylic acids is 1. The molecule has 0 unspecified atom stereocenters. The summed E-state index contributed by atoms with van der Waals surface area (Å²) in [6.07, 6.45) is -0.423. The Bertz CT molecular complexity index is 1070. The summed E-state index contributed by atoms with van der Waals surface area (Å²) in [7, 11) is 0. The minimum atomic E-state index is -4.45. The summed E-state index contributed by atoms with van der Waals surface area (Å²) in [5.41, 5.74) is 1.22. The highest BCUT2D eigenvalue weighted by molar-refractivity contribution is 5.94. The molecule has 158 valence electrons. The smallest absolute Gasteiger partial charge is 0.422 e. The average Bonchev–Trinajstić information content (AvgIpc) is 3.32. The molecule has 30 heavy (non-hydrogen) atoms. The third-order valence-corrected chi connectivity index (χ3v) is 4.92. The van der Waals surface area contributed by atoms with Crippen LogP contribution in [-0.2, 0) is 4.74 Å². The van der Waals surface area contributed by atoms with Crippen molar-refractivity contribution < 1.29 is 27.4 Å². The minimum absolute atomic E-state index is 0.0903. The molecule has 0 aliphatic carbocycles. The van der Waals surface area contributed by atoms with Crippen LogP contribution in [-0.4, -0.2) is 46.8 Å². The Kier molecular flexibility index (Phi) is 5.15. The van der Waals surface area contributed by atoms with Crippen LogP contribution in [0.3, 0.4) is 0 Å². The van der Waals surface area contributed by atoms with Gasteiger partial charge in [-0.2, -0.15) is 13.2 Å². The first-order valence-electron chi connectivity index (χ1n) is 9.41. The topological polar surface area (TPSA) is 64.9 Å². The molecule has 1 saturated heterocycles. The SMILES string of the molecule is C[C@@]1(NC(=O)c2cn3cccc(-c4ccccc4OCC(F)(F)F)c3n2)CCOC1. The van der Waals surface area contributed by atoms with Crippen molar-refractivity contribution in [2.45, 2.75) is 25.1 Å². The highest BCUT2D eigenvalue weighted by atomic mass is 19.4. The molecule has 1 amide bonds. The maximum atomic E-state index is 12.7.